The third-order valence-electron chi connectivity index (χ3n) is 5.23. The molecule has 0 aliphatic carbocycles. The maximum Gasteiger partial charge on any atom is 0.243 e. The summed E-state index contributed by atoms with van der Waals surface area (Å²) in [5.41, 5.74) is 1.05. The highest BCUT2D eigenvalue weighted by atomic mass is 32.2. The number of aryl methyl sites for hydroxylation is 1. The van der Waals surface area contributed by atoms with Gasteiger partial charge in [-0.1, -0.05) is 24.6 Å². The van der Waals surface area contributed by atoms with Crippen LogP contribution in [-0.2, 0) is 14.8 Å². The lowest BCUT2D eigenvalue weighted by Crippen LogP contribution is -2.56. The Bertz CT molecular complexity index is 699. The summed E-state index contributed by atoms with van der Waals surface area (Å²) < 4.78 is 27.4. The van der Waals surface area contributed by atoms with Crippen molar-refractivity contribution in [3.63, 3.8) is 0 Å². The number of carbonyl (C=O) groups excluding carboxylic acids is 1. The fraction of sp³-hybridized carbons (Fsp3) is 0.611. The van der Waals surface area contributed by atoms with Crippen molar-refractivity contribution < 1.29 is 13.2 Å². The van der Waals surface area contributed by atoms with Crippen molar-refractivity contribution in [2.45, 2.75) is 50.5 Å². The Kier molecular flexibility index (Phi) is 4.97. The largest absolute Gasteiger partial charge is 0.339 e. The average molecular weight is 350 g/mol. The Morgan fingerprint density at radius 3 is 2.54 bits per heavy atom. The molecule has 24 heavy (non-hydrogen) atoms. The third kappa shape index (κ3) is 3.22. The number of amides is 1. The Hall–Kier alpha value is -1.40. The van der Waals surface area contributed by atoms with Crippen LogP contribution in [0.25, 0.3) is 0 Å². The van der Waals surface area contributed by atoms with Crippen LogP contribution < -0.4 is 0 Å². The molecule has 3 rings (SSSR count). The molecule has 0 N–H and O–H groups in total. The molecule has 2 atom stereocenters. The van der Waals surface area contributed by atoms with Gasteiger partial charge in [-0.2, -0.15) is 4.31 Å². The monoisotopic (exact) mass is 350 g/mol. The Morgan fingerprint density at radius 1 is 1.17 bits per heavy atom. The molecule has 0 unspecified atom stereocenters. The number of hydrogen-bond acceptors (Lipinski definition) is 3. The van der Waals surface area contributed by atoms with Crippen LogP contribution in [0.1, 0.15) is 38.2 Å². The molecule has 0 saturated carbocycles. The summed E-state index contributed by atoms with van der Waals surface area (Å²) in [7, 11) is -3.44. The van der Waals surface area contributed by atoms with E-state index in [1.165, 1.54) is 0 Å². The summed E-state index contributed by atoms with van der Waals surface area (Å²) in [5.74, 6) is 0.483. The molecule has 0 bridgehead atoms. The number of rotatable bonds is 4. The fourth-order valence-corrected chi connectivity index (χ4v) is 5.44. The van der Waals surface area contributed by atoms with E-state index >= 15 is 0 Å². The first-order valence-electron chi connectivity index (χ1n) is 8.79. The molecule has 2 fully saturated rings. The topological polar surface area (TPSA) is 57.7 Å². The second kappa shape index (κ2) is 6.84. The van der Waals surface area contributed by atoms with E-state index in [9.17, 15) is 13.2 Å². The van der Waals surface area contributed by atoms with E-state index in [1.54, 1.807) is 16.4 Å². The second-order valence-electron chi connectivity index (χ2n) is 6.92. The van der Waals surface area contributed by atoms with Gasteiger partial charge < -0.3 is 4.90 Å². The smallest absolute Gasteiger partial charge is 0.243 e. The van der Waals surface area contributed by atoms with Crippen molar-refractivity contribution in [1.82, 2.24) is 9.21 Å². The van der Waals surface area contributed by atoms with E-state index in [1.807, 2.05) is 24.0 Å². The molecular weight excluding hydrogens is 324 g/mol. The number of benzene rings is 1. The predicted octanol–water partition coefficient (Wildman–Crippen LogP) is 2.41. The van der Waals surface area contributed by atoms with E-state index in [4.69, 9.17) is 0 Å². The van der Waals surface area contributed by atoms with Crippen LogP contribution in [0.2, 0.25) is 0 Å². The summed E-state index contributed by atoms with van der Waals surface area (Å²) in [6, 6.07) is 7.24. The summed E-state index contributed by atoms with van der Waals surface area (Å²) in [6.45, 7) is 5.82. The van der Waals surface area contributed by atoms with Crippen molar-refractivity contribution in [1.29, 1.82) is 0 Å². The highest BCUT2D eigenvalue weighted by Crippen LogP contribution is 2.33. The summed E-state index contributed by atoms with van der Waals surface area (Å²) in [5, 5.41) is 0. The highest BCUT2D eigenvalue weighted by molar-refractivity contribution is 7.89. The molecule has 2 aliphatic rings. The molecule has 0 spiro atoms. The van der Waals surface area contributed by atoms with Crippen LogP contribution in [0.3, 0.4) is 0 Å². The molecule has 132 valence electrons. The summed E-state index contributed by atoms with van der Waals surface area (Å²) in [4.78, 5) is 14.5. The molecule has 6 heteroatoms. The Labute approximate surface area is 144 Å². The second-order valence-corrected chi connectivity index (χ2v) is 8.86. The maximum absolute atomic E-state index is 12.9. The van der Waals surface area contributed by atoms with E-state index in [0.29, 0.717) is 24.4 Å². The molecule has 1 aromatic carbocycles. The van der Waals surface area contributed by atoms with Crippen LogP contribution in [-0.4, -0.2) is 49.2 Å². The van der Waals surface area contributed by atoms with Gasteiger partial charge in [0.1, 0.15) is 0 Å². The van der Waals surface area contributed by atoms with Gasteiger partial charge in [-0.05, 0) is 44.2 Å². The van der Waals surface area contributed by atoms with Gasteiger partial charge in [-0.25, -0.2) is 8.42 Å². The number of carbonyl (C=O) groups is 1. The van der Waals surface area contributed by atoms with Gasteiger partial charge >= 0.3 is 0 Å². The normalized spacial score (nSPS) is 25.6. The standard InChI is InChI=1S/C18H26N2O3S/c1-3-11-20-17-10-12-19(13-15(17)6-9-18(20)21)24(22,23)16-7-4-14(2)5-8-16/h4-5,7-8,15,17H,3,6,9-13H2,1-2H3/t15-,17+/m0/s1. The lowest BCUT2D eigenvalue weighted by molar-refractivity contribution is -0.140. The van der Waals surface area contributed by atoms with Crippen LogP contribution in [0.4, 0.5) is 0 Å². The first kappa shape index (κ1) is 17.4. The van der Waals surface area contributed by atoms with Crippen LogP contribution in [0.5, 0.6) is 0 Å². The maximum atomic E-state index is 12.9. The zero-order chi connectivity index (χ0) is 17.3. The molecule has 0 radical (unpaired) electrons. The summed E-state index contributed by atoms with van der Waals surface area (Å²) in [6.07, 6.45) is 3.02. The molecule has 0 aromatic heterocycles. The lowest BCUT2D eigenvalue weighted by atomic mass is 9.84. The van der Waals surface area contributed by atoms with Gasteiger partial charge in [-0.3, -0.25) is 4.79 Å². The number of hydrogen-bond donors (Lipinski definition) is 0. The van der Waals surface area contributed by atoms with E-state index in [0.717, 1.165) is 31.4 Å². The fourth-order valence-electron chi connectivity index (χ4n) is 3.93. The number of piperidine rings is 2. The lowest BCUT2D eigenvalue weighted by Gasteiger charge is -2.46. The molecule has 2 aliphatic heterocycles. The van der Waals surface area contributed by atoms with Crippen molar-refractivity contribution in [3.05, 3.63) is 29.8 Å². The minimum atomic E-state index is -3.44. The summed E-state index contributed by atoms with van der Waals surface area (Å²) >= 11 is 0. The molecule has 2 heterocycles. The number of nitrogens with zero attached hydrogens (tertiary/aromatic N) is 2. The van der Waals surface area contributed by atoms with Crippen molar-refractivity contribution in [2.24, 2.45) is 5.92 Å². The molecule has 1 amide bonds. The molecule has 1 aromatic rings. The zero-order valence-corrected chi connectivity index (χ0v) is 15.3. The van der Waals surface area contributed by atoms with Crippen molar-refractivity contribution in [2.75, 3.05) is 19.6 Å². The first-order chi connectivity index (χ1) is 11.4. The van der Waals surface area contributed by atoms with Gasteiger partial charge in [0.25, 0.3) is 0 Å². The molecule has 5 nitrogen and oxygen atoms in total. The Morgan fingerprint density at radius 2 is 1.88 bits per heavy atom. The Balaban J connectivity index is 1.77. The minimum absolute atomic E-state index is 0.204. The van der Waals surface area contributed by atoms with Gasteiger partial charge in [0.05, 0.1) is 4.90 Å². The van der Waals surface area contributed by atoms with Crippen LogP contribution >= 0.6 is 0 Å². The van der Waals surface area contributed by atoms with Crippen molar-refractivity contribution >= 4 is 15.9 Å². The number of fused-ring (bicyclic) bond motifs is 1. The van der Waals surface area contributed by atoms with Gasteiger partial charge in [-0.15, -0.1) is 0 Å². The van der Waals surface area contributed by atoms with E-state index in [2.05, 4.69) is 6.92 Å². The van der Waals surface area contributed by atoms with Gasteiger partial charge in [0.2, 0.25) is 15.9 Å². The average Bonchev–Trinajstić information content (AvgIpc) is 2.57. The molecular formula is C18H26N2O3S. The van der Waals surface area contributed by atoms with E-state index in [-0.39, 0.29) is 17.9 Å². The first-order valence-corrected chi connectivity index (χ1v) is 10.2. The quantitative estimate of drug-likeness (QED) is 0.838. The third-order valence-corrected chi connectivity index (χ3v) is 7.11. The van der Waals surface area contributed by atoms with E-state index < -0.39 is 10.0 Å². The van der Waals surface area contributed by atoms with Gasteiger partial charge in [0.15, 0.2) is 0 Å². The van der Waals surface area contributed by atoms with Crippen LogP contribution in [0.15, 0.2) is 29.2 Å². The number of sulfonamides is 1. The zero-order valence-electron chi connectivity index (χ0n) is 14.4. The minimum Gasteiger partial charge on any atom is -0.339 e. The molecule has 2 saturated heterocycles. The SMILES string of the molecule is CCCN1C(=O)CC[C@H]2CN(S(=O)(=O)c3ccc(C)cc3)CC[C@H]21. The van der Waals surface area contributed by atoms with Crippen molar-refractivity contribution in [3.8, 4) is 0 Å². The van der Waals surface area contributed by atoms with Gasteiger partial charge in [0, 0.05) is 32.1 Å². The highest BCUT2D eigenvalue weighted by Gasteiger charge is 2.41. The number of likely N-dealkylation sites (tertiary alicyclic amines) is 1. The predicted molar refractivity (Wildman–Crippen MR) is 93.1 cm³/mol. The van der Waals surface area contributed by atoms with Crippen LogP contribution in [0, 0.1) is 12.8 Å².